The molecule has 0 saturated heterocycles. The van der Waals surface area contributed by atoms with Crippen molar-refractivity contribution in [2.75, 3.05) is 5.32 Å². The van der Waals surface area contributed by atoms with Crippen molar-refractivity contribution in [1.29, 1.82) is 0 Å². The second-order valence-corrected chi connectivity index (χ2v) is 2.55. The number of amides is 2. The van der Waals surface area contributed by atoms with Gasteiger partial charge in [0.2, 0.25) is 0 Å². The molecule has 5 heteroatoms. The lowest BCUT2D eigenvalue weighted by Crippen LogP contribution is -2.34. The van der Waals surface area contributed by atoms with Crippen LogP contribution in [0.3, 0.4) is 0 Å². The summed E-state index contributed by atoms with van der Waals surface area (Å²) in [5.74, 6) is 4.86. The Balaban J connectivity index is 2.69. The molecule has 12 heavy (non-hydrogen) atoms. The Morgan fingerprint density at radius 1 is 1.50 bits per heavy atom. The van der Waals surface area contributed by atoms with Crippen molar-refractivity contribution in [2.24, 2.45) is 5.84 Å². The van der Waals surface area contributed by atoms with Gasteiger partial charge in [0, 0.05) is 10.7 Å². The van der Waals surface area contributed by atoms with Crippen LogP contribution >= 0.6 is 11.6 Å². The number of urea groups is 1. The van der Waals surface area contributed by atoms with Crippen molar-refractivity contribution < 1.29 is 4.79 Å². The fourth-order valence-corrected chi connectivity index (χ4v) is 0.924. The lowest BCUT2D eigenvalue weighted by atomic mass is 10.3. The van der Waals surface area contributed by atoms with Gasteiger partial charge < -0.3 is 5.32 Å². The van der Waals surface area contributed by atoms with Gasteiger partial charge in [-0.1, -0.05) is 17.7 Å². The maximum atomic E-state index is 10.7. The minimum Gasteiger partial charge on any atom is -0.307 e. The first kappa shape index (κ1) is 8.83. The van der Waals surface area contributed by atoms with E-state index in [1.807, 2.05) is 5.43 Å². The Morgan fingerprint density at radius 3 is 2.83 bits per heavy atom. The van der Waals surface area contributed by atoms with Gasteiger partial charge in [-0.05, 0) is 18.2 Å². The molecule has 0 radical (unpaired) electrons. The molecule has 0 aromatic heterocycles. The van der Waals surface area contributed by atoms with E-state index in [1.165, 1.54) is 0 Å². The summed E-state index contributed by atoms with van der Waals surface area (Å²) in [5, 5.41) is 3.03. The fraction of sp³-hybridized carbons (Fsp3) is 0. The molecule has 2 amide bonds. The van der Waals surface area contributed by atoms with Gasteiger partial charge in [-0.25, -0.2) is 10.6 Å². The largest absolute Gasteiger partial charge is 0.333 e. The van der Waals surface area contributed by atoms with Crippen molar-refractivity contribution >= 4 is 23.3 Å². The van der Waals surface area contributed by atoms with Gasteiger partial charge in [-0.15, -0.1) is 0 Å². The molecule has 0 saturated carbocycles. The monoisotopic (exact) mass is 185 g/mol. The topological polar surface area (TPSA) is 67.1 Å². The summed E-state index contributed by atoms with van der Waals surface area (Å²) in [7, 11) is 0. The minimum absolute atomic E-state index is 0.475. The van der Waals surface area contributed by atoms with Gasteiger partial charge in [0.05, 0.1) is 0 Å². The third kappa shape index (κ3) is 2.41. The number of benzene rings is 1. The summed E-state index contributed by atoms with van der Waals surface area (Å²) in [4.78, 5) is 10.7. The summed E-state index contributed by atoms with van der Waals surface area (Å²) in [5.41, 5.74) is 2.54. The summed E-state index contributed by atoms with van der Waals surface area (Å²) in [6, 6.07) is 6.30. The lowest BCUT2D eigenvalue weighted by Gasteiger charge is -2.03. The highest BCUT2D eigenvalue weighted by atomic mass is 35.5. The fourth-order valence-electron chi connectivity index (χ4n) is 0.733. The average Bonchev–Trinajstić information content (AvgIpc) is 2.04. The van der Waals surface area contributed by atoms with Crippen LogP contribution < -0.4 is 16.6 Å². The summed E-state index contributed by atoms with van der Waals surface area (Å²) in [6.45, 7) is 0. The second-order valence-electron chi connectivity index (χ2n) is 2.11. The number of carbonyl (C=O) groups is 1. The first-order valence-electron chi connectivity index (χ1n) is 3.25. The molecule has 0 spiro atoms. The molecule has 0 aliphatic heterocycles. The summed E-state index contributed by atoms with van der Waals surface area (Å²) < 4.78 is 0. The molecular formula is C7H8ClN3O. The summed E-state index contributed by atoms with van der Waals surface area (Å²) in [6.07, 6.45) is 0. The van der Waals surface area contributed by atoms with Crippen molar-refractivity contribution in [2.45, 2.75) is 0 Å². The van der Waals surface area contributed by atoms with Crippen LogP contribution in [-0.4, -0.2) is 6.03 Å². The standard InChI is InChI=1S/C7H8ClN3O/c8-5-2-1-3-6(4-5)10-7(12)11-9/h1-4H,9H2,(H2,10,11,12). The molecule has 0 fully saturated rings. The zero-order valence-electron chi connectivity index (χ0n) is 6.17. The minimum atomic E-state index is -0.475. The number of hydrogen-bond acceptors (Lipinski definition) is 2. The Bertz CT molecular complexity index is 290. The molecule has 0 aliphatic carbocycles. The van der Waals surface area contributed by atoms with E-state index in [0.717, 1.165) is 0 Å². The highest BCUT2D eigenvalue weighted by Crippen LogP contribution is 2.14. The number of hydrazine groups is 1. The first-order chi connectivity index (χ1) is 5.72. The van der Waals surface area contributed by atoms with Gasteiger partial charge in [0.15, 0.2) is 0 Å². The number of rotatable bonds is 1. The van der Waals surface area contributed by atoms with Crippen molar-refractivity contribution in [1.82, 2.24) is 5.43 Å². The van der Waals surface area contributed by atoms with Crippen LogP contribution in [0.1, 0.15) is 0 Å². The van der Waals surface area contributed by atoms with Gasteiger partial charge in [0.1, 0.15) is 0 Å². The third-order valence-electron chi connectivity index (χ3n) is 1.21. The van der Waals surface area contributed by atoms with Crippen molar-refractivity contribution in [3.63, 3.8) is 0 Å². The zero-order valence-corrected chi connectivity index (χ0v) is 6.93. The Kier molecular flexibility index (Phi) is 2.90. The molecule has 0 heterocycles. The Morgan fingerprint density at radius 2 is 2.25 bits per heavy atom. The van der Waals surface area contributed by atoms with E-state index in [1.54, 1.807) is 24.3 Å². The second kappa shape index (κ2) is 3.94. The van der Waals surface area contributed by atoms with Crippen LogP contribution in [0.5, 0.6) is 0 Å². The molecule has 0 bridgehead atoms. The van der Waals surface area contributed by atoms with Crippen LogP contribution in [0.2, 0.25) is 5.02 Å². The Labute approximate surface area is 74.7 Å². The van der Waals surface area contributed by atoms with Gasteiger partial charge in [-0.2, -0.15) is 0 Å². The van der Waals surface area contributed by atoms with Gasteiger partial charge in [-0.3, -0.25) is 5.43 Å². The zero-order chi connectivity index (χ0) is 8.97. The van der Waals surface area contributed by atoms with E-state index >= 15 is 0 Å². The normalized spacial score (nSPS) is 9.17. The number of carbonyl (C=O) groups excluding carboxylic acids is 1. The van der Waals surface area contributed by atoms with E-state index in [-0.39, 0.29) is 0 Å². The highest BCUT2D eigenvalue weighted by molar-refractivity contribution is 6.30. The molecular weight excluding hydrogens is 178 g/mol. The molecule has 0 unspecified atom stereocenters. The van der Waals surface area contributed by atoms with Crippen LogP contribution in [0.15, 0.2) is 24.3 Å². The van der Waals surface area contributed by atoms with Crippen LogP contribution in [0.25, 0.3) is 0 Å². The molecule has 1 rings (SSSR count). The number of nitrogens with one attached hydrogen (secondary N) is 2. The smallest absolute Gasteiger partial charge is 0.307 e. The quantitative estimate of drug-likeness (QED) is 0.351. The Hall–Kier alpha value is -1.26. The van der Waals surface area contributed by atoms with Crippen LogP contribution in [0, 0.1) is 0 Å². The molecule has 64 valence electrons. The van der Waals surface area contributed by atoms with Gasteiger partial charge >= 0.3 is 6.03 Å². The van der Waals surface area contributed by atoms with Crippen LogP contribution in [0.4, 0.5) is 10.5 Å². The molecule has 0 atom stereocenters. The third-order valence-corrected chi connectivity index (χ3v) is 1.45. The van der Waals surface area contributed by atoms with E-state index in [9.17, 15) is 4.79 Å². The maximum absolute atomic E-state index is 10.7. The SMILES string of the molecule is NNC(=O)Nc1cccc(Cl)c1. The number of nitrogens with two attached hydrogens (primary N) is 1. The van der Waals surface area contributed by atoms with Crippen molar-refractivity contribution in [3.8, 4) is 0 Å². The van der Waals surface area contributed by atoms with Gasteiger partial charge in [0.25, 0.3) is 0 Å². The van der Waals surface area contributed by atoms with E-state index < -0.39 is 6.03 Å². The predicted molar refractivity (Wildman–Crippen MR) is 47.8 cm³/mol. The molecule has 0 aliphatic rings. The van der Waals surface area contributed by atoms with E-state index in [0.29, 0.717) is 10.7 Å². The van der Waals surface area contributed by atoms with E-state index in [2.05, 4.69) is 5.32 Å². The van der Waals surface area contributed by atoms with Crippen molar-refractivity contribution in [3.05, 3.63) is 29.3 Å². The molecule has 4 N–H and O–H groups in total. The predicted octanol–water partition coefficient (Wildman–Crippen LogP) is 1.34. The van der Waals surface area contributed by atoms with Crippen LogP contribution in [-0.2, 0) is 0 Å². The average molecular weight is 186 g/mol. The molecule has 1 aromatic rings. The highest BCUT2D eigenvalue weighted by Gasteiger charge is 1.97. The number of anilines is 1. The molecule has 1 aromatic carbocycles. The number of hydrogen-bond donors (Lipinski definition) is 3. The first-order valence-corrected chi connectivity index (χ1v) is 3.63. The summed E-state index contributed by atoms with van der Waals surface area (Å²) >= 11 is 5.67. The maximum Gasteiger partial charge on any atom is 0.333 e. The number of halogens is 1. The molecule has 4 nitrogen and oxygen atoms in total. The van der Waals surface area contributed by atoms with E-state index in [4.69, 9.17) is 17.4 Å². The lowest BCUT2D eigenvalue weighted by molar-refractivity contribution is 0.252.